The number of hydrogen-bond acceptors (Lipinski definition) is 0. The normalized spacial score (nSPS) is 10.9. The molecule has 0 spiro atoms. The summed E-state index contributed by atoms with van der Waals surface area (Å²) in [6.07, 6.45) is 20.8. The molecule has 0 aliphatic heterocycles. The summed E-state index contributed by atoms with van der Waals surface area (Å²) < 4.78 is 1.54. The molecule has 0 atom stereocenters. The maximum atomic E-state index is 2.29. The Morgan fingerprint density at radius 1 is 0.471 bits per heavy atom. The maximum absolute atomic E-state index is 2.29. The van der Waals surface area contributed by atoms with E-state index >= 15 is 0 Å². The van der Waals surface area contributed by atoms with Gasteiger partial charge in [0.05, 0.1) is 0 Å². The predicted octanol–water partition coefficient (Wildman–Crippen LogP) is 5.79. The zero-order valence-corrected chi connectivity index (χ0v) is 16.7. The van der Waals surface area contributed by atoms with Crippen LogP contribution in [0.15, 0.2) is 0 Å². The van der Waals surface area contributed by atoms with Crippen LogP contribution in [-0.2, 0) is 0 Å². The summed E-state index contributed by atoms with van der Waals surface area (Å²) in [4.78, 5) is 0. The van der Waals surface area contributed by atoms with Gasteiger partial charge in [-0.05, 0) is 0 Å². The molecule has 0 aromatic heterocycles. The van der Waals surface area contributed by atoms with Gasteiger partial charge in [0.2, 0.25) is 0 Å². The average molecular weight is 434 g/mol. The third-order valence-electron chi connectivity index (χ3n) is 3.56. The molecule has 0 heterocycles. The predicted molar refractivity (Wildman–Crippen MR) is 82.3 cm³/mol. The first kappa shape index (κ1) is 17.9. The topological polar surface area (TPSA) is 0 Å². The van der Waals surface area contributed by atoms with Gasteiger partial charge < -0.3 is 0 Å². The fourth-order valence-corrected chi connectivity index (χ4v) is 3.46. The summed E-state index contributed by atoms with van der Waals surface area (Å²) in [6.45, 7) is 2.29. The Morgan fingerprint density at radius 2 is 0.765 bits per heavy atom. The van der Waals surface area contributed by atoms with Crippen LogP contribution in [0, 0.1) is 0 Å². The SMILES string of the molecule is CCCCCCCCCCCCCCC[CH2][PbH]. The van der Waals surface area contributed by atoms with Gasteiger partial charge in [-0.1, -0.05) is 26.2 Å². The summed E-state index contributed by atoms with van der Waals surface area (Å²) in [5.41, 5.74) is 0. The van der Waals surface area contributed by atoms with Gasteiger partial charge in [0.25, 0.3) is 0 Å². The molecule has 0 aromatic rings. The van der Waals surface area contributed by atoms with Gasteiger partial charge in [0, 0.05) is 0 Å². The van der Waals surface area contributed by atoms with E-state index in [0.717, 1.165) is 0 Å². The van der Waals surface area contributed by atoms with E-state index in [-0.39, 0.29) is 0 Å². The second-order valence-corrected chi connectivity index (χ2v) is 7.63. The fraction of sp³-hybridized carbons (Fsp3) is 1.00. The van der Waals surface area contributed by atoms with Gasteiger partial charge in [-0.2, -0.15) is 0 Å². The fourth-order valence-electron chi connectivity index (χ4n) is 2.34. The first-order valence-corrected chi connectivity index (χ1v) is 11.3. The molecule has 0 saturated carbocycles. The van der Waals surface area contributed by atoms with Gasteiger partial charge in [-0.15, -0.1) is 0 Å². The third kappa shape index (κ3) is 16.9. The number of hydrogen-bond donors (Lipinski definition) is 0. The second kappa shape index (κ2) is 16.9. The standard InChI is InChI=1S/C16H33.Pb.H/c1-3-5-7-9-11-13-15-16-14-12-10-8-6-4-2;;/h1,3-16H2,2H3;;. The van der Waals surface area contributed by atoms with Crippen LogP contribution >= 0.6 is 0 Å². The van der Waals surface area contributed by atoms with Crippen LogP contribution in [0.5, 0.6) is 0 Å². The summed E-state index contributed by atoms with van der Waals surface area (Å²) in [6, 6.07) is 0. The number of rotatable bonds is 14. The van der Waals surface area contributed by atoms with E-state index in [9.17, 15) is 0 Å². The van der Waals surface area contributed by atoms with Crippen LogP contribution < -0.4 is 0 Å². The van der Waals surface area contributed by atoms with E-state index in [1.54, 1.807) is 0 Å². The Kier molecular flexibility index (Phi) is 17.8. The first-order chi connectivity index (χ1) is 8.41. The minimum absolute atomic E-state index is 1.23. The molecule has 0 aliphatic rings. The van der Waals surface area contributed by atoms with Gasteiger partial charge in [-0.3, -0.25) is 0 Å². The zero-order valence-electron chi connectivity index (χ0n) is 12.2. The van der Waals surface area contributed by atoms with Crippen molar-refractivity contribution in [3.05, 3.63) is 0 Å². The summed E-state index contributed by atoms with van der Waals surface area (Å²) in [7, 11) is 0. The molecule has 0 fully saturated rings. The van der Waals surface area contributed by atoms with Crippen LogP contribution in [-0.4, -0.2) is 25.8 Å². The minimum atomic E-state index is 1.23. The molecule has 0 unspecified atom stereocenters. The molecule has 102 valence electrons. The monoisotopic (exact) mass is 434 g/mol. The van der Waals surface area contributed by atoms with Crippen molar-refractivity contribution < 1.29 is 0 Å². The zero-order chi connectivity index (χ0) is 12.6. The molecule has 0 aliphatic carbocycles. The number of unbranched alkanes of at least 4 members (excludes halogenated alkanes) is 13. The molecular weight excluding hydrogens is 399 g/mol. The Bertz CT molecular complexity index is 109. The van der Waals surface area contributed by atoms with Gasteiger partial charge in [0.1, 0.15) is 0 Å². The average Bonchev–Trinajstić information content (AvgIpc) is 2.35. The van der Waals surface area contributed by atoms with Crippen molar-refractivity contribution in [1.29, 1.82) is 0 Å². The summed E-state index contributed by atoms with van der Waals surface area (Å²) in [5, 5.41) is 0. The van der Waals surface area contributed by atoms with Gasteiger partial charge in [0.15, 0.2) is 0 Å². The summed E-state index contributed by atoms with van der Waals surface area (Å²) in [5.74, 6) is 0. The van der Waals surface area contributed by atoms with E-state index in [2.05, 4.69) is 6.92 Å². The van der Waals surface area contributed by atoms with Crippen LogP contribution in [0.2, 0.25) is 3.98 Å². The Morgan fingerprint density at radius 3 is 1.06 bits per heavy atom. The Labute approximate surface area is 126 Å². The van der Waals surface area contributed by atoms with Crippen molar-refractivity contribution in [2.45, 2.75) is 101 Å². The Balaban J connectivity index is 2.85. The van der Waals surface area contributed by atoms with Crippen molar-refractivity contribution in [3.63, 3.8) is 0 Å². The van der Waals surface area contributed by atoms with E-state index < -0.39 is 0 Å². The van der Waals surface area contributed by atoms with E-state index in [1.165, 1.54) is 120 Å². The van der Waals surface area contributed by atoms with E-state index in [1.807, 2.05) is 0 Å². The van der Waals surface area contributed by atoms with Crippen molar-refractivity contribution in [2.75, 3.05) is 0 Å². The van der Waals surface area contributed by atoms with Crippen molar-refractivity contribution in [3.8, 4) is 0 Å². The van der Waals surface area contributed by atoms with Crippen molar-refractivity contribution >= 4 is 25.8 Å². The molecule has 1 heteroatoms. The molecule has 0 bridgehead atoms. The molecule has 0 nitrogen and oxygen atoms in total. The van der Waals surface area contributed by atoms with Crippen LogP contribution in [0.25, 0.3) is 0 Å². The van der Waals surface area contributed by atoms with Gasteiger partial charge >= 0.3 is 100 Å². The molecule has 0 rings (SSSR count). The molecule has 0 saturated heterocycles. The van der Waals surface area contributed by atoms with Crippen LogP contribution in [0.1, 0.15) is 96.8 Å². The van der Waals surface area contributed by atoms with Gasteiger partial charge in [-0.25, -0.2) is 0 Å². The second-order valence-electron chi connectivity index (χ2n) is 5.38. The Hall–Kier alpha value is 0.922. The van der Waals surface area contributed by atoms with Crippen LogP contribution in [0.3, 0.4) is 0 Å². The molecular formula is C16H34Pb. The van der Waals surface area contributed by atoms with E-state index in [4.69, 9.17) is 0 Å². The molecule has 0 amide bonds. The third-order valence-corrected chi connectivity index (χ3v) is 5.14. The molecule has 17 heavy (non-hydrogen) atoms. The molecule has 2 radical (unpaired) electrons. The quantitative estimate of drug-likeness (QED) is 0.240. The van der Waals surface area contributed by atoms with E-state index in [0.29, 0.717) is 0 Å². The van der Waals surface area contributed by atoms with Crippen molar-refractivity contribution in [2.24, 2.45) is 0 Å². The molecule has 0 N–H and O–H groups in total. The van der Waals surface area contributed by atoms with Crippen LogP contribution in [0.4, 0.5) is 0 Å². The summed E-state index contributed by atoms with van der Waals surface area (Å²) >= 11 is 1.23. The first-order valence-electron chi connectivity index (χ1n) is 8.12. The molecule has 0 aromatic carbocycles. The van der Waals surface area contributed by atoms with Crippen molar-refractivity contribution in [1.82, 2.24) is 0 Å².